The van der Waals surface area contributed by atoms with Gasteiger partial charge in [0, 0.05) is 35.3 Å². The lowest BCUT2D eigenvalue weighted by Gasteiger charge is -2.51. The fourth-order valence-electron chi connectivity index (χ4n) is 3.94. The van der Waals surface area contributed by atoms with Crippen LogP contribution in [0.1, 0.15) is 44.9 Å². The second-order valence-electron chi connectivity index (χ2n) is 6.02. The van der Waals surface area contributed by atoms with E-state index < -0.39 is 0 Å². The summed E-state index contributed by atoms with van der Waals surface area (Å²) in [5, 5.41) is 7.44. The van der Waals surface area contributed by atoms with Gasteiger partial charge in [-0.3, -0.25) is 0 Å². The van der Waals surface area contributed by atoms with E-state index in [-0.39, 0.29) is 0 Å². The van der Waals surface area contributed by atoms with Crippen molar-refractivity contribution in [3.63, 3.8) is 0 Å². The Morgan fingerprint density at radius 1 is 0.667 bits per heavy atom. The van der Waals surface area contributed by atoms with Crippen molar-refractivity contribution in [3.05, 3.63) is 11.4 Å². The Balaban J connectivity index is 1.81. The van der Waals surface area contributed by atoms with E-state index in [2.05, 4.69) is 10.6 Å². The maximum atomic E-state index is 3.73. The van der Waals surface area contributed by atoms with Crippen molar-refractivity contribution >= 4 is 0 Å². The molecule has 0 amide bonds. The highest BCUT2D eigenvalue weighted by Gasteiger charge is 2.54. The molecule has 2 heteroatoms. The summed E-state index contributed by atoms with van der Waals surface area (Å²) in [5.41, 5.74) is 4.49. The van der Waals surface area contributed by atoms with Crippen LogP contribution in [0.25, 0.3) is 0 Å². The molecule has 2 aliphatic carbocycles. The van der Waals surface area contributed by atoms with Crippen LogP contribution in [0, 0.1) is 10.8 Å². The predicted octanol–water partition coefficient (Wildman–Crippen LogP) is 2.14. The van der Waals surface area contributed by atoms with Crippen LogP contribution in [0.2, 0.25) is 0 Å². The van der Waals surface area contributed by atoms with Crippen molar-refractivity contribution in [1.29, 1.82) is 0 Å². The summed E-state index contributed by atoms with van der Waals surface area (Å²) in [6.45, 7) is 2.45. The van der Waals surface area contributed by atoms with Gasteiger partial charge in [-0.15, -0.1) is 0 Å². The highest BCUT2D eigenvalue weighted by atomic mass is 15.0. The van der Waals surface area contributed by atoms with Crippen LogP contribution in [-0.4, -0.2) is 13.1 Å². The zero-order chi connectivity index (χ0) is 9.93. The fraction of sp³-hybridized carbons (Fsp3) is 0.846. The van der Waals surface area contributed by atoms with Crippen molar-refractivity contribution in [2.24, 2.45) is 10.8 Å². The highest BCUT2D eigenvalue weighted by molar-refractivity contribution is 5.35. The summed E-state index contributed by atoms with van der Waals surface area (Å²) >= 11 is 0. The van der Waals surface area contributed by atoms with Crippen molar-refractivity contribution in [2.45, 2.75) is 44.9 Å². The fourth-order valence-corrected chi connectivity index (χ4v) is 3.94. The third-order valence-electron chi connectivity index (χ3n) is 5.29. The summed E-state index contributed by atoms with van der Waals surface area (Å²) in [5.74, 6) is 0. The molecule has 2 N–H and O–H groups in total. The molecule has 2 fully saturated rings. The SMILES string of the molecule is C1CC2(C1)CCNC1=C2NCCC12CC2. The van der Waals surface area contributed by atoms with Gasteiger partial charge >= 0.3 is 0 Å². The van der Waals surface area contributed by atoms with E-state index in [9.17, 15) is 0 Å². The molecule has 0 atom stereocenters. The zero-order valence-electron chi connectivity index (χ0n) is 9.36. The van der Waals surface area contributed by atoms with Gasteiger partial charge in [0.1, 0.15) is 0 Å². The Bertz CT molecular complexity index is 334. The van der Waals surface area contributed by atoms with Gasteiger partial charge < -0.3 is 10.6 Å². The molecule has 2 aliphatic heterocycles. The lowest BCUT2D eigenvalue weighted by Crippen LogP contribution is -2.50. The average Bonchev–Trinajstić information content (AvgIpc) is 2.96. The van der Waals surface area contributed by atoms with Crippen molar-refractivity contribution < 1.29 is 0 Å². The Hall–Kier alpha value is -0.660. The molecular formula is C13H20N2. The van der Waals surface area contributed by atoms with E-state index in [4.69, 9.17) is 0 Å². The van der Waals surface area contributed by atoms with E-state index >= 15 is 0 Å². The van der Waals surface area contributed by atoms with Gasteiger partial charge in [0.05, 0.1) is 0 Å². The molecule has 2 heterocycles. The summed E-state index contributed by atoms with van der Waals surface area (Å²) in [4.78, 5) is 0. The molecule has 2 saturated carbocycles. The number of hydrogen-bond donors (Lipinski definition) is 2. The normalized spacial score (nSPS) is 34.1. The Morgan fingerprint density at radius 2 is 1.20 bits per heavy atom. The third-order valence-corrected chi connectivity index (χ3v) is 5.29. The van der Waals surface area contributed by atoms with Crippen molar-refractivity contribution in [3.8, 4) is 0 Å². The van der Waals surface area contributed by atoms with Gasteiger partial charge in [0.2, 0.25) is 0 Å². The largest absolute Gasteiger partial charge is 0.386 e. The summed E-state index contributed by atoms with van der Waals surface area (Å²) in [6.07, 6.45) is 9.95. The minimum absolute atomic E-state index is 0.594. The van der Waals surface area contributed by atoms with E-state index in [0.717, 1.165) is 0 Å². The van der Waals surface area contributed by atoms with E-state index in [1.54, 1.807) is 11.4 Å². The molecule has 0 aromatic heterocycles. The number of allylic oxidation sites excluding steroid dienone is 2. The molecule has 0 bridgehead atoms. The van der Waals surface area contributed by atoms with E-state index in [0.29, 0.717) is 10.8 Å². The lowest BCUT2D eigenvalue weighted by molar-refractivity contribution is 0.132. The van der Waals surface area contributed by atoms with E-state index in [1.165, 1.54) is 58.0 Å². The van der Waals surface area contributed by atoms with Crippen LogP contribution >= 0.6 is 0 Å². The molecule has 0 radical (unpaired) electrons. The smallest absolute Gasteiger partial charge is 0.0369 e. The van der Waals surface area contributed by atoms with Crippen molar-refractivity contribution in [2.75, 3.05) is 13.1 Å². The Morgan fingerprint density at radius 3 is 1.60 bits per heavy atom. The number of nitrogens with one attached hydrogen (secondary N) is 2. The van der Waals surface area contributed by atoms with Crippen LogP contribution in [0.15, 0.2) is 11.4 Å². The van der Waals surface area contributed by atoms with Crippen molar-refractivity contribution in [1.82, 2.24) is 10.6 Å². The standard InChI is InChI=1S/C13H20N2/c1-2-12(3-1)6-8-15-11-10(12)14-9-7-13(11)4-5-13/h14-15H,1-9H2. The van der Waals surface area contributed by atoms with Gasteiger partial charge in [-0.05, 0) is 38.5 Å². The van der Waals surface area contributed by atoms with Gasteiger partial charge in [0.15, 0.2) is 0 Å². The van der Waals surface area contributed by atoms with Crippen LogP contribution in [0.3, 0.4) is 0 Å². The molecule has 2 nitrogen and oxygen atoms in total. The first-order valence-electron chi connectivity index (χ1n) is 6.58. The third kappa shape index (κ3) is 0.957. The molecular weight excluding hydrogens is 184 g/mol. The number of fused-ring (bicyclic) bond motifs is 2. The topological polar surface area (TPSA) is 24.1 Å². The van der Waals surface area contributed by atoms with Gasteiger partial charge in [-0.2, -0.15) is 0 Å². The Kier molecular flexibility index (Phi) is 1.43. The maximum absolute atomic E-state index is 3.73. The molecule has 4 aliphatic rings. The van der Waals surface area contributed by atoms with Gasteiger partial charge in [-0.25, -0.2) is 0 Å². The van der Waals surface area contributed by atoms with Crippen LogP contribution in [0.5, 0.6) is 0 Å². The van der Waals surface area contributed by atoms with Crippen LogP contribution < -0.4 is 10.6 Å². The predicted molar refractivity (Wildman–Crippen MR) is 60.2 cm³/mol. The van der Waals surface area contributed by atoms with Gasteiger partial charge in [0.25, 0.3) is 0 Å². The molecule has 2 spiro atoms. The summed E-state index contributed by atoms with van der Waals surface area (Å²) < 4.78 is 0. The summed E-state index contributed by atoms with van der Waals surface area (Å²) in [7, 11) is 0. The number of hydrogen-bond acceptors (Lipinski definition) is 2. The van der Waals surface area contributed by atoms with E-state index in [1.807, 2.05) is 0 Å². The maximum Gasteiger partial charge on any atom is 0.0369 e. The van der Waals surface area contributed by atoms with Gasteiger partial charge in [-0.1, -0.05) is 6.42 Å². The monoisotopic (exact) mass is 204 g/mol. The minimum Gasteiger partial charge on any atom is -0.386 e. The molecule has 82 valence electrons. The quantitative estimate of drug-likeness (QED) is 0.631. The molecule has 4 rings (SSSR count). The summed E-state index contributed by atoms with van der Waals surface area (Å²) in [6, 6.07) is 0. The first-order valence-corrected chi connectivity index (χ1v) is 6.58. The Labute approximate surface area is 91.5 Å². The second-order valence-corrected chi connectivity index (χ2v) is 6.02. The second kappa shape index (κ2) is 2.53. The zero-order valence-corrected chi connectivity index (χ0v) is 9.36. The minimum atomic E-state index is 0.594. The van der Waals surface area contributed by atoms with Crippen LogP contribution in [-0.2, 0) is 0 Å². The molecule has 0 aromatic carbocycles. The lowest BCUT2D eigenvalue weighted by atomic mass is 9.61. The average molecular weight is 204 g/mol. The molecule has 0 saturated heterocycles. The van der Waals surface area contributed by atoms with Crippen LogP contribution in [0.4, 0.5) is 0 Å². The number of rotatable bonds is 0. The highest BCUT2D eigenvalue weighted by Crippen LogP contribution is 2.61. The first kappa shape index (κ1) is 8.49. The first-order chi connectivity index (χ1) is 7.35. The molecule has 15 heavy (non-hydrogen) atoms. The molecule has 0 unspecified atom stereocenters. The molecule has 0 aromatic rings.